The summed E-state index contributed by atoms with van der Waals surface area (Å²) >= 11 is 0. The third kappa shape index (κ3) is 3.76. The summed E-state index contributed by atoms with van der Waals surface area (Å²) < 4.78 is 0. The highest BCUT2D eigenvalue weighted by molar-refractivity contribution is 5.95. The molecule has 4 rings (SSSR count). The van der Waals surface area contributed by atoms with Crippen LogP contribution in [-0.2, 0) is 4.79 Å². The number of nitrogens with zero attached hydrogens (tertiary/aromatic N) is 3. The summed E-state index contributed by atoms with van der Waals surface area (Å²) in [6, 6.07) is 21.5. The Balaban J connectivity index is 1.74. The summed E-state index contributed by atoms with van der Waals surface area (Å²) in [4.78, 5) is 26.2. The topological polar surface area (TPSA) is 75.2 Å². The van der Waals surface area contributed by atoms with Crippen LogP contribution in [0.2, 0.25) is 0 Å². The smallest absolute Gasteiger partial charge is 0.274 e. The molecule has 0 saturated carbocycles. The highest BCUT2D eigenvalue weighted by Gasteiger charge is 2.23. The zero-order chi connectivity index (χ0) is 19.3. The number of nitrogens with one attached hydrogen (secondary N) is 1. The fourth-order valence-electron chi connectivity index (χ4n) is 3.28. The van der Waals surface area contributed by atoms with Gasteiger partial charge in [0.1, 0.15) is 5.69 Å². The average molecular weight is 372 g/mol. The number of carbonyl (C=O) groups excluding carboxylic acids is 2. The van der Waals surface area contributed by atoms with E-state index < -0.39 is 0 Å². The summed E-state index contributed by atoms with van der Waals surface area (Å²) in [6.45, 7) is 1.30. The number of hydrogen-bond acceptors (Lipinski definition) is 4. The highest BCUT2D eigenvalue weighted by Crippen LogP contribution is 2.30. The van der Waals surface area contributed by atoms with Crippen LogP contribution in [0, 0.1) is 0 Å². The van der Waals surface area contributed by atoms with E-state index in [4.69, 9.17) is 0 Å². The second-order valence-electron chi connectivity index (χ2n) is 6.62. The van der Waals surface area contributed by atoms with Crippen LogP contribution >= 0.6 is 0 Å². The maximum absolute atomic E-state index is 13.0. The van der Waals surface area contributed by atoms with E-state index in [-0.39, 0.29) is 17.5 Å². The van der Waals surface area contributed by atoms with Crippen molar-refractivity contribution in [1.82, 2.24) is 20.4 Å². The molecule has 0 unspecified atom stereocenters. The number of benzene rings is 2. The second kappa shape index (κ2) is 8.00. The Bertz CT molecular complexity index is 990. The van der Waals surface area contributed by atoms with E-state index in [1.165, 1.54) is 0 Å². The number of amides is 2. The molecule has 140 valence electrons. The molecule has 6 nitrogen and oxygen atoms in total. The fraction of sp³-hybridized carbons (Fsp3) is 0.182. The van der Waals surface area contributed by atoms with Gasteiger partial charge in [-0.05, 0) is 11.6 Å². The molecular weight excluding hydrogens is 352 g/mol. The van der Waals surface area contributed by atoms with Gasteiger partial charge in [-0.2, -0.15) is 0 Å². The van der Waals surface area contributed by atoms with Gasteiger partial charge in [-0.25, -0.2) is 0 Å². The van der Waals surface area contributed by atoms with Crippen molar-refractivity contribution in [2.24, 2.45) is 0 Å². The summed E-state index contributed by atoms with van der Waals surface area (Å²) in [5.41, 5.74) is 3.79. The first-order valence-corrected chi connectivity index (χ1v) is 9.27. The first-order valence-electron chi connectivity index (χ1n) is 9.27. The summed E-state index contributed by atoms with van der Waals surface area (Å²) in [7, 11) is 0. The lowest BCUT2D eigenvalue weighted by Gasteiger charge is -2.19. The fourth-order valence-corrected chi connectivity index (χ4v) is 3.28. The van der Waals surface area contributed by atoms with E-state index in [0.29, 0.717) is 26.1 Å². The molecule has 0 bridgehead atoms. The minimum atomic E-state index is -0.208. The van der Waals surface area contributed by atoms with Crippen molar-refractivity contribution in [1.29, 1.82) is 0 Å². The SMILES string of the molecule is O=C1CCN(C(=O)c2cc(-c3ccccc3)c(-c3ccccc3)nn2)CCN1. The molecule has 2 heterocycles. The van der Waals surface area contributed by atoms with Crippen LogP contribution in [-0.4, -0.2) is 46.5 Å². The minimum Gasteiger partial charge on any atom is -0.354 e. The molecule has 2 aromatic carbocycles. The van der Waals surface area contributed by atoms with Gasteiger partial charge < -0.3 is 10.2 Å². The highest BCUT2D eigenvalue weighted by atomic mass is 16.2. The molecule has 1 saturated heterocycles. The molecule has 6 heteroatoms. The Kier molecular flexibility index (Phi) is 5.10. The molecule has 1 aromatic heterocycles. The van der Waals surface area contributed by atoms with E-state index in [2.05, 4.69) is 15.5 Å². The molecule has 0 radical (unpaired) electrons. The Morgan fingerprint density at radius 1 is 0.893 bits per heavy atom. The van der Waals surface area contributed by atoms with E-state index >= 15 is 0 Å². The molecule has 0 aliphatic carbocycles. The van der Waals surface area contributed by atoms with Gasteiger partial charge in [0.15, 0.2) is 5.69 Å². The van der Waals surface area contributed by atoms with E-state index in [0.717, 1.165) is 22.4 Å². The Morgan fingerprint density at radius 2 is 1.57 bits per heavy atom. The minimum absolute atomic E-state index is 0.0363. The van der Waals surface area contributed by atoms with Gasteiger partial charge in [-0.3, -0.25) is 9.59 Å². The van der Waals surface area contributed by atoms with Gasteiger partial charge in [0.2, 0.25) is 5.91 Å². The maximum Gasteiger partial charge on any atom is 0.274 e. The van der Waals surface area contributed by atoms with Gasteiger partial charge >= 0.3 is 0 Å². The normalized spacial score (nSPS) is 14.3. The molecule has 1 aliphatic heterocycles. The van der Waals surface area contributed by atoms with E-state index in [1.54, 1.807) is 11.0 Å². The summed E-state index contributed by atoms with van der Waals surface area (Å²) in [6.07, 6.45) is 0.298. The molecule has 1 fully saturated rings. The van der Waals surface area contributed by atoms with Crippen molar-refractivity contribution in [3.8, 4) is 22.4 Å². The quantitative estimate of drug-likeness (QED) is 0.767. The van der Waals surface area contributed by atoms with Crippen LogP contribution in [0.4, 0.5) is 0 Å². The lowest BCUT2D eigenvalue weighted by Crippen LogP contribution is -2.34. The van der Waals surface area contributed by atoms with Crippen LogP contribution in [0.5, 0.6) is 0 Å². The third-order valence-corrected chi connectivity index (χ3v) is 4.74. The Labute approximate surface area is 163 Å². The Hall–Kier alpha value is -3.54. The number of hydrogen-bond donors (Lipinski definition) is 1. The van der Waals surface area contributed by atoms with Crippen molar-refractivity contribution < 1.29 is 9.59 Å². The van der Waals surface area contributed by atoms with Crippen LogP contribution in [0.15, 0.2) is 66.7 Å². The van der Waals surface area contributed by atoms with Crippen LogP contribution in [0.3, 0.4) is 0 Å². The molecule has 2 amide bonds. The predicted molar refractivity (Wildman–Crippen MR) is 106 cm³/mol. The monoisotopic (exact) mass is 372 g/mol. The van der Waals surface area contributed by atoms with Gasteiger partial charge in [0, 0.05) is 37.2 Å². The van der Waals surface area contributed by atoms with Gasteiger partial charge in [-0.15, -0.1) is 10.2 Å². The zero-order valence-corrected chi connectivity index (χ0v) is 15.3. The second-order valence-corrected chi connectivity index (χ2v) is 6.62. The Morgan fingerprint density at radius 3 is 2.29 bits per heavy atom. The lowest BCUT2D eigenvalue weighted by atomic mass is 9.99. The molecule has 1 N–H and O–H groups in total. The number of rotatable bonds is 3. The van der Waals surface area contributed by atoms with Crippen LogP contribution in [0.1, 0.15) is 16.9 Å². The zero-order valence-electron chi connectivity index (χ0n) is 15.3. The standard InChI is InChI=1S/C22H20N4O2/c27-20-11-13-26(14-12-23-20)22(28)19-15-18(16-7-3-1-4-8-16)21(25-24-19)17-9-5-2-6-10-17/h1-10,15H,11-14H2,(H,23,27). The molecule has 0 spiro atoms. The van der Waals surface area contributed by atoms with Crippen molar-refractivity contribution >= 4 is 11.8 Å². The molecule has 0 atom stereocenters. The number of carbonyl (C=O) groups is 2. The van der Waals surface area contributed by atoms with E-state index in [9.17, 15) is 9.59 Å². The van der Waals surface area contributed by atoms with Crippen molar-refractivity contribution in [2.75, 3.05) is 19.6 Å². The number of aromatic nitrogens is 2. The average Bonchev–Trinajstić information content (AvgIpc) is 2.98. The summed E-state index contributed by atoms with van der Waals surface area (Å²) in [5, 5.41) is 11.4. The van der Waals surface area contributed by atoms with Crippen LogP contribution in [0.25, 0.3) is 22.4 Å². The maximum atomic E-state index is 13.0. The first-order chi connectivity index (χ1) is 13.7. The van der Waals surface area contributed by atoms with Gasteiger partial charge in [0.25, 0.3) is 5.91 Å². The van der Waals surface area contributed by atoms with Crippen molar-refractivity contribution in [3.63, 3.8) is 0 Å². The van der Waals surface area contributed by atoms with Crippen molar-refractivity contribution in [3.05, 3.63) is 72.4 Å². The molecule has 3 aromatic rings. The third-order valence-electron chi connectivity index (χ3n) is 4.74. The molecule has 1 aliphatic rings. The van der Waals surface area contributed by atoms with Gasteiger partial charge in [-0.1, -0.05) is 60.7 Å². The van der Waals surface area contributed by atoms with Crippen molar-refractivity contribution in [2.45, 2.75) is 6.42 Å². The largest absolute Gasteiger partial charge is 0.354 e. The first kappa shape index (κ1) is 17.9. The summed E-state index contributed by atoms with van der Waals surface area (Å²) in [5.74, 6) is -0.244. The molecule has 28 heavy (non-hydrogen) atoms. The van der Waals surface area contributed by atoms with Gasteiger partial charge in [0.05, 0.1) is 0 Å². The lowest BCUT2D eigenvalue weighted by molar-refractivity contribution is -0.120. The predicted octanol–water partition coefficient (Wildman–Crippen LogP) is 2.77. The van der Waals surface area contributed by atoms with E-state index in [1.807, 2.05) is 60.7 Å². The molecular formula is C22H20N4O2. The van der Waals surface area contributed by atoms with Crippen LogP contribution < -0.4 is 5.32 Å².